The smallest absolute Gasteiger partial charge is 0.475 e. The Morgan fingerprint density at radius 1 is 1.27 bits per heavy atom. The van der Waals surface area contributed by atoms with Crippen LogP contribution in [0.1, 0.15) is 24.8 Å². The summed E-state index contributed by atoms with van der Waals surface area (Å²) in [4.78, 5) is 26.8. The fraction of sp³-hybridized carbons (Fsp3) is 0.632. The Morgan fingerprint density at radius 3 is 2.53 bits per heavy atom. The van der Waals surface area contributed by atoms with Gasteiger partial charge in [0.15, 0.2) is 0 Å². The summed E-state index contributed by atoms with van der Waals surface area (Å²) in [6.45, 7) is 2.09. The van der Waals surface area contributed by atoms with Crippen LogP contribution in [-0.4, -0.2) is 78.2 Å². The van der Waals surface area contributed by atoms with E-state index in [1.807, 2.05) is 17.0 Å². The topological polar surface area (TPSA) is 98.2 Å². The molecule has 3 heterocycles. The summed E-state index contributed by atoms with van der Waals surface area (Å²) in [5, 5.41) is 7.12. The van der Waals surface area contributed by atoms with Gasteiger partial charge in [-0.15, -0.1) is 0 Å². The quantitative estimate of drug-likeness (QED) is 0.732. The maximum Gasteiger partial charge on any atom is 0.490 e. The lowest BCUT2D eigenvalue weighted by atomic mass is 9.99. The second-order valence-corrected chi connectivity index (χ2v) is 6.92. The van der Waals surface area contributed by atoms with Crippen LogP contribution < -0.4 is 0 Å². The first-order valence-electron chi connectivity index (χ1n) is 9.43. The highest BCUT2D eigenvalue weighted by atomic mass is 19.4. The number of carbonyl (C=O) groups is 2. The Labute approximate surface area is 171 Å². The standard InChI is InChI=1S/C17H24N2O4.C2HF3O2/c1-21-12-17(20)19-9-6-16-15(19)3-2-14(23-16)11-22-10-13-4-7-18-8-5-13;3-2(4,5)1(6)7/h4-5,7-8,14-16H,2-3,6,9-12H2,1H3;(H,6,7)/t14-,15-,16-;/m0./s1. The molecule has 168 valence electrons. The van der Waals surface area contributed by atoms with Crippen LogP contribution in [0, 0.1) is 0 Å². The number of aromatic nitrogens is 1. The molecular formula is C19H25F3N2O6. The van der Waals surface area contributed by atoms with E-state index >= 15 is 0 Å². The highest BCUT2D eigenvalue weighted by Crippen LogP contribution is 2.31. The number of likely N-dealkylation sites (tertiary alicyclic amines) is 1. The molecule has 0 saturated carbocycles. The first-order valence-corrected chi connectivity index (χ1v) is 9.43. The number of carboxylic acids is 1. The number of fused-ring (bicyclic) bond motifs is 1. The van der Waals surface area contributed by atoms with E-state index < -0.39 is 12.1 Å². The van der Waals surface area contributed by atoms with Gasteiger partial charge >= 0.3 is 12.1 Å². The van der Waals surface area contributed by atoms with Crippen LogP contribution in [0.4, 0.5) is 13.2 Å². The Bertz CT molecular complexity index is 689. The number of pyridine rings is 1. The second-order valence-electron chi connectivity index (χ2n) is 6.92. The van der Waals surface area contributed by atoms with Crippen molar-refractivity contribution in [3.8, 4) is 0 Å². The molecule has 0 aliphatic carbocycles. The molecule has 2 fully saturated rings. The third kappa shape index (κ3) is 7.22. The zero-order valence-corrected chi connectivity index (χ0v) is 16.5. The Kier molecular flexibility index (Phi) is 9.00. The largest absolute Gasteiger partial charge is 0.490 e. The molecule has 2 saturated heterocycles. The molecule has 0 unspecified atom stereocenters. The summed E-state index contributed by atoms with van der Waals surface area (Å²) >= 11 is 0. The maximum absolute atomic E-state index is 12.0. The van der Waals surface area contributed by atoms with Gasteiger partial charge in [-0.05, 0) is 37.0 Å². The molecule has 1 amide bonds. The SMILES string of the molecule is COCC(=O)N1CC[C@@H]2O[C@H](COCc3ccncc3)CC[C@@H]21.O=C(O)C(F)(F)F. The summed E-state index contributed by atoms with van der Waals surface area (Å²) < 4.78 is 48.6. The number of carboxylic acid groups (broad SMARTS) is 1. The number of hydrogen-bond donors (Lipinski definition) is 1. The molecule has 1 N–H and O–H groups in total. The molecule has 8 nitrogen and oxygen atoms in total. The molecule has 1 aromatic rings. The fourth-order valence-electron chi connectivity index (χ4n) is 3.42. The molecule has 2 aliphatic rings. The van der Waals surface area contributed by atoms with Gasteiger partial charge in [0, 0.05) is 26.0 Å². The van der Waals surface area contributed by atoms with E-state index in [2.05, 4.69) is 4.98 Å². The number of methoxy groups -OCH3 is 1. The Balaban J connectivity index is 0.000000396. The summed E-state index contributed by atoms with van der Waals surface area (Å²) in [5.74, 6) is -2.69. The lowest BCUT2D eigenvalue weighted by Gasteiger charge is -2.35. The molecular weight excluding hydrogens is 409 g/mol. The second kappa shape index (κ2) is 11.2. The number of aliphatic carboxylic acids is 1. The maximum atomic E-state index is 12.0. The van der Waals surface area contributed by atoms with E-state index in [0.29, 0.717) is 13.2 Å². The first-order chi connectivity index (χ1) is 14.2. The van der Waals surface area contributed by atoms with Crippen molar-refractivity contribution in [2.75, 3.05) is 26.9 Å². The van der Waals surface area contributed by atoms with E-state index in [1.54, 1.807) is 19.5 Å². The van der Waals surface area contributed by atoms with Crippen LogP contribution in [0.15, 0.2) is 24.5 Å². The lowest BCUT2D eigenvalue weighted by Crippen LogP contribution is -2.46. The highest BCUT2D eigenvalue weighted by molar-refractivity contribution is 5.78. The van der Waals surface area contributed by atoms with Crippen molar-refractivity contribution < 1.29 is 42.1 Å². The minimum absolute atomic E-state index is 0.0657. The number of ether oxygens (including phenoxy) is 3. The number of carbonyl (C=O) groups excluding carboxylic acids is 1. The van der Waals surface area contributed by atoms with E-state index in [-0.39, 0.29) is 30.8 Å². The molecule has 2 aliphatic heterocycles. The van der Waals surface area contributed by atoms with Crippen LogP contribution in [0.25, 0.3) is 0 Å². The van der Waals surface area contributed by atoms with E-state index in [9.17, 15) is 18.0 Å². The molecule has 3 atom stereocenters. The predicted octanol–water partition coefficient (Wildman–Crippen LogP) is 2.03. The van der Waals surface area contributed by atoms with Crippen LogP contribution in [0.3, 0.4) is 0 Å². The predicted molar refractivity (Wildman–Crippen MR) is 97.5 cm³/mol. The number of rotatable bonds is 6. The van der Waals surface area contributed by atoms with Crippen molar-refractivity contribution in [1.29, 1.82) is 0 Å². The van der Waals surface area contributed by atoms with Gasteiger partial charge in [-0.25, -0.2) is 4.79 Å². The van der Waals surface area contributed by atoms with Crippen LogP contribution in [0.2, 0.25) is 0 Å². The van der Waals surface area contributed by atoms with Crippen molar-refractivity contribution in [1.82, 2.24) is 9.88 Å². The minimum Gasteiger partial charge on any atom is -0.475 e. The number of amides is 1. The molecule has 0 spiro atoms. The van der Waals surface area contributed by atoms with Crippen molar-refractivity contribution >= 4 is 11.9 Å². The Hall–Kier alpha value is -2.24. The number of alkyl halides is 3. The van der Waals surface area contributed by atoms with E-state index in [4.69, 9.17) is 24.1 Å². The normalized spacial score (nSPS) is 23.3. The summed E-state index contributed by atoms with van der Waals surface area (Å²) in [7, 11) is 1.55. The molecule has 0 aromatic carbocycles. The molecule has 1 aromatic heterocycles. The summed E-state index contributed by atoms with van der Waals surface area (Å²) in [6.07, 6.45) is 1.52. The number of hydrogen-bond acceptors (Lipinski definition) is 6. The molecule has 11 heteroatoms. The van der Waals surface area contributed by atoms with Gasteiger partial charge in [0.05, 0.1) is 31.5 Å². The fourth-order valence-corrected chi connectivity index (χ4v) is 3.42. The van der Waals surface area contributed by atoms with Crippen molar-refractivity contribution in [3.63, 3.8) is 0 Å². The lowest BCUT2D eigenvalue weighted by molar-refractivity contribution is -0.192. The summed E-state index contributed by atoms with van der Waals surface area (Å²) in [6, 6.07) is 4.11. The minimum atomic E-state index is -5.08. The van der Waals surface area contributed by atoms with Gasteiger partial charge in [0.2, 0.25) is 5.91 Å². The van der Waals surface area contributed by atoms with Gasteiger partial charge in [0.25, 0.3) is 0 Å². The van der Waals surface area contributed by atoms with Crippen LogP contribution >= 0.6 is 0 Å². The monoisotopic (exact) mass is 434 g/mol. The van der Waals surface area contributed by atoms with Crippen molar-refractivity contribution in [3.05, 3.63) is 30.1 Å². The van der Waals surface area contributed by atoms with Gasteiger partial charge in [-0.1, -0.05) is 0 Å². The molecule has 3 rings (SSSR count). The van der Waals surface area contributed by atoms with E-state index in [1.165, 1.54) is 0 Å². The third-order valence-electron chi connectivity index (χ3n) is 4.79. The zero-order chi connectivity index (χ0) is 22.1. The van der Waals surface area contributed by atoms with Crippen LogP contribution in [-0.2, 0) is 30.4 Å². The van der Waals surface area contributed by atoms with Crippen molar-refractivity contribution in [2.45, 2.75) is 50.3 Å². The molecule has 30 heavy (non-hydrogen) atoms. The van der Waals surface area contributed by atoms with Gasteiger partial charge in [-0.2, -0.15) is 13.2 Å². The zero-order valence-electron chi connectivity index (χ0n) is 16.5. The number of nitrogens with zero attached hydrogens (tertiary/aromatic N) is 2. The molecule has 0 radical (unpaired) electrons. The summed E-state index contributed by atoms with van der Waals surface area (Å²) in [5.41, 5.74) is 1.12. The third-order valence-corrected chi connectivity index (χ3v) is 4.79. The first kappa shape index (κ1) is 24.0. The number of halogens is 3. The van der Waals surface area contributed by atoms with Crippen molar-refractivity contribution in [2.24, 2.45) is 0 Å². The highest BCUT2D eigenvalue weighted by Gasteiger charge is 2.41. The van der Waals surface area contributed by atoms with Crippen LogP contribution in [0.5, 0.6) is 0 Å². The average molecular weight is 434 g/mol. The van der Waals surface area contributed by atoms with Gasteiger partial charge in [0.1, 0.15) is 6.61 Å². The average Bonchev–Trinajstić information content (AvgIpc) is 3.12. The Morgan fingerprint density at radius 2 is 1.93 bits per heavy atom. The van der Waals surface area contributed by atoms with E-state index in [0.717, 1.165) is 31.4 Å². The van der Waals surface area contributed by atoms with Gasteiger partial charge < -0.3 is 24.2 Å². The molecule has 0 bridgehead atoms. The van der Waals surface area contributed by atoms with Gasteiger partial charge in [-0.3, -0.25) is 9.78 Å².